The van der Waals surface area contributed by atoms with Gasteiger partial charge in [0.15, 0.2) is 0 Å². The van der Waals surface area contributed by atoms with Crippen molar-refractivity contribution in [3.05, 3.63) is 64.6 Å². The molecule has 2 N–H and O–H groups in total. The van der Waals surface area contributed by atoms with Crippen LogP contribution in [0.4, 0.5) is 11.5 Å². The second-order valence-electron chi connectivity index (χ2n) is 8.11. The fourth-order valence-electron chi connectivity index (χ4n) is 3.52. The van der Waals surface area contributed by atoms with Crippen molar-refractivity contribution in [2.24, 2.45) is 0 Å². The monoisotopic (exact) mass is 471 g/mol. The van der Waals surface area contributed by atoms with Gasteiger partial charge in [-0.3, -0.25) is 9.40 Å². The molecular formula is C23H29N5O4S. The number of sulfonamides is 1. The zero-order valence-electron chi connectivity index (χ0n) is 19.5. The predicted octanol–water partition coefficient (Wildman–Crippen LogP) is 3.75. The van der Waals surface area contributed by atoms with Crippen LogP contribution in [0.2, 0.25) is 0 Å². The van der Waals surface area contributed by atoms with E-state index in [1.165, 1.54) is 18.3 Å². The van der Waals surface area contributed by atoms with Gasteiger partial charge in [0.25, 0.3) is 10.0 Å². The maximum atomic E-state index is 12.8. The molecule has 33 heavy (non-hydrogen) atoms. The molecule has 0 fully saturated rings. The first kappa shape index (κ1) is 24.2. The van der Waals surface area contributed by atoms with Crippen molar-refractivity contribution < 1.29 is 18.3 Å². The second-order valence-corrected chi connectivity index (χ2v) is 9.79. The van der Waals surface area contributed by atoms with E-state index in [9.17, 15) is 18.3 Å². The molecule has 9 nitrogen and oxygen atoms in total. The molecule has 0 saturated carbocycles. The van der Waals surface area contributed by atoms with Crippen LogP contribution in [-0.2, 0) is 23.1 Å². The highest BCUT2D eigenvalue weighted by atomic mass is 32.2. The minimum Gasteiger partial charge on any atom is -0.478 e. The van der Waals surface area contributed by atoms with E-state index in [-0.39, 0.29) is 22.0 Å². The Bertz CT molecular complexity index is 1280. The average molecular weight is 472 g/mol. The van der Waals surface area contributed by atoms with Crippen LogP contribution in [-0.4, -0.2) is 41.3 Å². The first-order valence-electron chi connectivity index (χ1n) is 10.6. The Morgan fingerprint density at radius 3 is 2.52 bits per heavy atom. The molecule has 3 rings (SSSR count). The molecule has 0 saturated heterocycles. The Hall–Kier alpha value is -3.40. The zero-order valence-corrected chi connectivity index (χ0v) is 20.3. The number of nitrogens with zero attached hydrogens (tertiary/aromatic N) is 4. The number of carbonyl (C=O) groups is 1. The van der Waals surface area contributed by atoms with Crippen molar-refractivity contribution in [3.8, 4) is 0 Å². The number of hydrogen-bond donors (Lipinski definition) is 2. The molecule has 176 valence electrons. The number of aromatic carboxylic acids is 1. The molecule has 2 aromatic heterocycles. The van der Waals surface area contributed by atoms with Crippen LogP contribution >= 0.6 is 0 Å². The average Bonchev–Trinajstić information content (AvgIpc) is 3.08. The summed E-state index contributed by atoms with van der Waals surface area (Å²) in [5.41, 5.74) is 3.62. The third kappa shape index (κ3) is 5.51. The summed E-state index contributed by atoms with van der Waals surface area (Å²) in [5, 5.41) is 14.2. The molecule has 0 bridgehead atoms. The minimum absolute atomic E-state index is 0.0784. The number of anilines is 2. The van der Waals surface area contributed by atoms with Gasteiger partial charge in [0, 0.05) is 13.6 Å². The first-order chi connectivity index (χ1) is 15.5. The number of pyridine rings is 1. The summed E-state index contributed by atoms with van der Waals surface area (Å²) in [4.78, 5) is 18.1. The lowest BCUT2D eigenvalue weighted by molar-refractivity contribution is 0.0697. The zero-order chi connectivity index (χ0) is 24.3. The Balaban J connectivity index is 1.89. The van der Waals surface area contributed by atoms with Gasteiger partial charge >= 0.3 is 5.97 Å². The Kier molecular flexibility index (Phi) is 7.06. The largest absolute Gasteiger partial charge is 0.478 e. The number of benzene rings is 1. The summed E-state index contributed by atoms with van der Waals surface area (Å²) in [5.74, 6) is -0.964. The summed E-state index contributed by atoms with van der Waals surface area (Å²) >= 11 is 0. The van der Waals surface area contributed by atoms with Gasteiger partial charge in [0.1, 0.15) is 11.4 Å². The Morgan fingerprint density at radius 2 is 1.88 bits per heavy atom. The van der Waals surface area contributed by atoms with Gasteiger partial charge in [-0.25, -0.2) is 18.2 Å². The van der Waals surface area contributed by atoms with Gasteiger partial charge in [-0.15, -0.1) is 0 Å². The Labute approximate surface area is 194 Å². The molecule has 0 aliphatic rings. The van der Waals surface area contributed by atoms with E-state index in [1.54, 1.807) is 24.1 Å². The van der Waals surface area contributed by atoms with E-state index in [4.69, 9.17) is 0 Å². The maximum Gasteiger partial charge on any atom is 0.339 e. The molecule has 0 spiro atoms. The molecule has 0 unspecified atom stereocenters. The predicted molar refractivity (Wildman–Crippen MR) is 127 cm³/mol. The molecule has 1 aromatic carbocycles. The fraction of sp³-hybridized carbons (Fsp3) is 0.348. The van der Waals surface area contributed by atoms with E-state index in [0.29, 0.717) is 6.54 Å². The van der Waals surface area contributed by atoms with Gasteiger partial charge < -0.3 is 10.0 Å². The van der Waals surface area contributed by atoms with Crippen LogP contribution in [0.15, 0.2) is 41.4 Å². The standard InChI is InChI=1S/C23H29N5O4S/c1-6-9-28-19(11-17(4)25-28)14-27(5)22-21(23(29)30)12-18(13-24-22)26-33(31,32)20-8-7-15(2)16(3)10-20/h7-8,10-13,26H,6,9,14H2,1-5H3,(H,29,30). The lowest BCUT2D eigenvalue weighted by Crippen LogP contribution is -2.23. The highest BCUT2D eigenvalue weighted by Gasteiger charge is 2.21. The number of aryl methyl sites for hydroxylation is 4. The topological polar surface area (TPSA) is 117 Å². The molecule has 0 atom stereocenters. The summed E-state index contributed by atoms with van der Waals surface area (Å²) in [7, 11) is -2.15. The van der Waals surface area contributed by atoms with Crippen LogP contribution in [0.1, 0.15) is 46.2 Å². The first-order valence-corrected chi connectivity index (χ1v) is 12.1. The molecule has 0 radical (unpaired) electrons. The van der Waals surface area contributed by atoms with E-state index < -0.39 is 16.0 Å². The number of carboxylic acids is 1. The van der Waals surface area contributed by atoms with Crippen LogP contribution < -0.4 is 9.62 Å². The molecule has 0 aliphatic heterocycles. The molecule has 2 heterocycles. The van der Waals surface area contributed by atoms with Crippen molar-refractivity contribution in [1.82, 2.24) is 14.8 Å². The van der Waals surface area contributed by atoms with Crippen LogP contribution in [0.3, 0.4) is 0 Å². The SMILES string of the molecule is CCCn1nc(C)cc1CN(C)c1ncc(NS(=O)(=O)c2ccc(C)c(C)c2)cc1C(=O)O. The van der Waals surface area contributed by atoms with Crippen molar-refractivity contribution >= 4 is 27.5 Å². The van der Waals surface area contributed by atoms with Gasteiger partial charge in [-0.1, -0.05) is 13.0 Å². The summed E-state index contributed by atoms with van der Waals surface area (Å²) in [6, 6.07) is 8.06. The quantitative estimate of drug-likeness (QED) is 0.488. The molecular weight excluding hydrogens is 442 g/mol. The second kappa shape index (κ2) is 9.62. The van der Waals surface area contributed by atoms with Crippen molar-refractivity contribution in [3.63, 3.8) is 0 Å². The number of aromatic nitrogens is 3. The van der Waals surface area contributed by atoms with Gasteiger partial charge in [-0.2, -0.15) is 5.10 Å². The minimum atomic E-state index is -3.89. The van der Waals surface area contributed by atoms with Gasteiger partial charge in [-0.05, 0) is 62.6 Å². The molecule has 0 aliphatic carbocycles. The van der Waals surface area contributed by atoms with Crippen LogP contribution in [0, 0.1) is 20.8 Å². The van der Waals surface area contributed by atoms with Crippen molar-refractivity contribution in [2.45, 2.75) is 52.1 Å². The lowest BCUT2D eigenvalue weighted by Gasteiger charge is -2.21. The fourth-order valence-corrected chi connectivity index (χ4v) is 4.64. The summed E-state index contributed by atoms with van der Waals surface area (Å²) in [6.45, 7) is 8.86. The maximum absolute atomic E-state index is 12.8. The number of hydrogen-bond acceptors (Lipinski definition) is 6. The van der Waals surface area contributed by atoms with Crippen LogP contribution in [0.25, 0.3) is 0 Å². The van der Waals surface area contributed by atoms with Crippen molar-refractivity contribution in [1.29, 1.82) is 0 Å². The molecule has 3 aromatic rings. The highest BCUT2D eigenvalue weighted by Crippen LogP contribution is 2.25. The number of rotatable bonds is 9. The number of nitrogens with one attached hydrogen (secondary N) is 1. The smallest absolute Gasteiger partial charge is 0.339 e. The summed E-state index contributed by atoms with van der Waals surface area (Å²) in [6.07, 6.45) is 2.25. The van der Waals surface area contributed by atoms with E-state index in [0.717, 1.165) is 35.5 Å². The highest BCUT2D eigenvalue weighted by molar-refractivity contribution is 7.92. The third-order valence-electron chi connectivity index (χ3n) is 5.32. The lowest BCUT2D eigenvalue weighted by atomic mass is 10.1. The van der Waals surface area contributed by atoms with Crippen LogP contribution in [0.5, 0.6) is 0 Å². The molecule has 0 amide bonds. The van der Waals surface area contributed by atoms with Gasteiger partial charge in [0.05, 0.1) is 34.7 Å². The Morgan fingerprint density at radius 1 is 1.15 bits per heavy atom. The third-order valence-corrected chi connectivity index (χ3v) is 6.70. The van der Waals surface area contributed by atoms with Gasteiger partial charge in [0.2, 0.25) is 0 Å². The normalized spacial score (nSPS) is 11.4. The van der Waals surface area contributed by atoms with Crippen molar-refractivity contribution in [2.75, 3.05) is 16.7 Å². The van der Waals surface area contributed by atoms with E-state index >= 15 is 0 Å². The molecule has 10 heteroatoms. The number of carboxylic acid groups (broad SMARTS) is 1. The summed E-state index contributed by atoms with van der Waals surface area (Å²) < 4.78 is 29.9. The van der Waals surface area contributed by atoms with E-state index in [2.05, 4.69) is 21.7 Å². The van der Waals surface area contributed by atoms with E-state index in [1.807, 2.05) is 31.5 Å².